The molecule has 0 radical (unpaired) electrons. The molecule has 1 aromatic heterocycles. The third-order valence-corrected chi connectivity index (χ3v) is 9.80. The lowest BCUT2D eigenvalue weighted by Gasteiger charge is -2.44. The van der Waals surface area contributed by atoms with Crippen molar-refractivity contribution in [2.24, 2.45) is 0 Å². The first-order valence-corrected chi connectivity index (χ1v) is 16.9. The summed E-state index contributed by atoms with van der Waals surface area (Å²) in [6.45, 7) is 0.807. The van der Waals surface area contributed by atoms with Crippen molar-refractivity contribution in [1.82, 2.24) is 0 Å². The molecule has 0 bridgehead atoms. The van der Waals surface area contributed by atoms with Crippen molar-refractivity contribution in [2.75, 3.05) is 0 Å². The van der Waals surface area contributed by atoms with E-state index in [0.29, 0.717) is 5.75 Å². The molecule has 1 heterocycles. The van der Waals surface area contributed by atoms with Crippen LogP contribution in [0.25, 0.3) is 10.9 Å². The van der Waals surface area contributed by atoms with Gasteiger partial charge >= 0.3 is 0 Å². The normalized spacial score (nSPS) is 11.6. The van der Waals surface area contributed by atoms with Crippen LogP contribution < -0.4 is 26.4 Å². The van der Waals surface area contributed by atoms with Crippen molar-refractivity contribution in [3.63, 3.8) is 0 Å². The highest BCUT2D eigenvalue weighted by atomic mass is 19.2. The number of aromatic hydroxyl groups is 1. The van der Waals surface area contributed by atoms with Crippen LogP contribution in [0.15, 0.2) is 66.9 Å². The Hall–Kier alpha value is -6.81. The minimum Gasteiger partial charge on any atom is -0.507 e. The van der Waals surface area contributed by atoms with Crippen molar-refractivity contribution in [2.45, 2.75) is 6.54 Å². The molecule has 1 N–H and O–H groups in total. The Labute approximate surface area is 337 Å². The third kappa shape index (κ3) is 7.02. The van der Waals surface area contributed by atoms with Crippen LogP contribution in [0.2, 0.25) is 0 Å². The van der Waals surface area contributed by atoms with Gasteiger partial charge in [-0.25, -0.2) is 87.8 Å². The summed E-state index contributed by atoms with van der Waals surface area (Å²) in [5, 5.41) is 10.7. The molecule has 7 rings (SSSR count). The van der Waals surface area contributed by atoms with Crippen LogP contribution in [0.5, 0.6) is 5.75 Å². The van der Waals surface area contributed by atoms with Crippen molar-refractivity contribution in [1.29, 1.82) is 0 Å². The van der Waals surface area contributed by atoms with Crippen molar-refractivity contribution < 1.29 is 97.5 Å². The monoisotopic (exact) mass is 915 g/mol. The van der Waals surface area contributed by atoms with Crippen molar-refractivity contribution >= 4 is 38.9 Å². The molecular weight excluding hydrogens is 901 g/mol. The van der Waals surface area contributed by atoms with Gasteiger partial charge in [-0.3, -0.25) is 0 Å². The maximum Gasteiger partial charge on any atom is 0.216 e. The van der Waals surface area contributed by atoms with E-state index in [1.54, 1.807) is 6.07 Å². The van der Waals surface area contributed by atoms with E-state index in [2.05, 4.69) is 16.7 Å². The molecule has 0 unspecified atom stereocenters. The van der Waals surface area contributed by atoms with Gasteiger partial charge < -0.3 is 5.11 Å². The van der Waals surface area contributed by atoms with Gasteiger partial charge in [0, 0.05) is 17.7 Å². The molecule has 328 valence electrons. The number of rotatable bonds is 6. The van der Waals surface area contributed by atoms with E-state index in [0.717, 1.165) is 17.4 Å². The van der Waals surface area contributed by atoms with Crippen LogP contribution in [0, 0.1) is 116 Å². The summed E-state index contributed by atoms with van der Waals surface area (Å²) < 4.78 is 296. The van der Waals surface area contributed by atoms with E-state index in [1.165, 1.54) is 5.56 Å². The van der Waals surface area contributed by atoms with E-state index in [1.807, 2.05) is 48.7 Å². The Morgan fingerprint density at radius 2 is 0.635 bits per heavy atom. The predicted molar refractivity (Wildman–Crippen MR) is 181 cm³/mol. The number of hydrogen-bond donors (Lipinski definition) is 1. The number of aromatic nitrogens is 1. The number of pyridine rings is 1. The van der Waals surface area contributed by atoms with Crippen LogP contribution >= 0.6 is 0 Å². The second-order valence-electron chi connectivity index (χ2n) is 13.1. The zero-order chi connectivity index (χ0) is 46.7. The number of halogens is 20. The average Bonchev–Trinajstić information content (AvgIpc) is 3.27. The Kier molecular flexibility index (Phi) is 12.2. The van der Waals surface area contributed by atoms with Crippen LogP contribution in [-0.4, -0.2) is 11.3 Å². The Morgan fingerprint density at radius 3 is 0.952 bits per heavy atom. The number of phenols is 1. The summed E-state index contributed by atoms with van der Waals surface area (Å²) in [4.78, 5) is 0. The van der Waals surface area contributed by atoms with E-state index in [4.69, 9.17) is 0 Å². The number of hydrogen-bond acceptors (Lipinski definition) is 1. The molecule has 0 aliphatic carbocycles. The molecule has 0 aliphatic heterocycles. The summed E-state index contributed by atoms with van der Waals surface area (Å²) in [7, 11) is 0. The van der Waals surface area contributed by atoms with Gasteiger partial charge in [-0.2, -0.15) is 4.57 Å². The maximum absolute atomic E-state index is 15.4. The third-order valence-electron chi connectivity index (χ3n) is 9.80. The average molecular weight is 915 g/mol. The zero-order valence-corrected chi connectivity index (χ0v) is 30.1. The second-order valence-corrected chi connectivity index (χ2v) is 13.1. The smallest absolute Gasteiger partial charge is 0.216 e. The summed E-state index contributed by atoms with van der Waals surface area (Å²) in [5.41, 5.74) is -12.0. The molecule has 23 heteroatoms. The van der Waals surface area contributed by atoms with Crippen molar-refractivity contribution in [3.8, 4) is 5.75 Å². The molecule has 0 saturated carbocycles. The highest BCUT2D eigenvalue weighted by Crippen LogP contribution is 2.31. The molecule has 2 nitrogen and oxygen atoms in total. The highest BCUT2D eigenvalue weighted by molar-refractivity contribution is 7.20. The maximum atomic E-state index is 15.4. The molecule has 7 aromatic rings. The molecule has 0 fully saturated rings. The van der Waals surface area contributed by atoms with Crippen LogP contribution in [0.4, 0.5) is 87.8 Å². The largest absolute Gasteiger partial charge is 0.507 e. The standard InChI is InChI=1S/C24BF20.C16H13NO/c26-5-1(6(27)14(35)21(42)13(5)34)25(2-7(28)15(36)22(43)16(37)8(2)29,3-9(30)17(38)23(44)18(39)10(3)31)4-11(32)19(40)24(45)20(41)12(4)33;18-16-10-4-9-15-14(16)8-5-11-17(15)12-13-6-2-1-3-7-13/h;1-11H,12H2/q-1;/p+1. The second kappa shape index (κ2) is 16.8. The highest BCUT2D eigenvalue weighted by Gasteiger charge is 2.52. The SMILES string of the molecule is Fc1c(F)c(F)c([B-](c2c(F)c(F)c(F)c(F)c2F)(c2c(F)c(F)c(F)c(F)c2F)c2c(F)c(F)c(F)c(F)c2F)c(F)c1F.Oc1cccc2c1ccc[n+]2Cc1ccccc1. The van der Waals surface area contributed by atoms with Gasteiger partial charge in [0.25, 0.3) is 0 Å². The Balaban J connectivity index is 0.000000302. The van der Waals surface area contributed by atoms with Crippen LogP contribution in [-0.2, 0) is 6.54 Å². The zero-order valence-electron chi connectivity index (χ0n) is 30.1. The molecular formula is C40H14BF20NO. The quantitative estimate of drug-likeness (QED) is 0.0584. The summed E-state index contributed by atoms with van der Waals surface area (Å²) >= 11 is 0. The lowest BCUT2D eigenvalue weighted by Crippen LogP contribution is -2.81. The molecule has 0 saturated heterocycles. The Morgan fingerprint density at radius 1 is 0.333 bits per heavy atom. The minimum atomic E-state index is -7.22. The van der Waals surface area contributed by atoms with Crippen LogP contribution in [0.1, 0.15) is 5.56 Å². The minimum absolute atomic E-state index is 0.329. The summed E-state index contributed by atoms with van der Waals surface area (Å²) in [6.07, 6.45) is -5.18. The Bertz CT molecular complexity index is 2620. The number of nitrogens with zero attached hydrogens (tertiary/aromatic N) is 1. The first kappa shape index (κ1) is 45.7. The topological polar surface area (TPSA) is 24.1 Å². The summed E-state index contributed by atoms with van der Waals surface area (Å²) in [5.74, 6) is -71.1. The van der Waals surface area contributed by atoms with Gasteiger partial charge in [-0.1, -0.05) is 36.4 Å². The summed E-state index contributed by atoms with van der Waals surface area (Å²) in [6, 6.07) is 19.8. The van der Waals surface area contributed by atoms with Gasteiger partial charge in [-0.15, -0.1) is 21.9 Å². The molecule has 0 amide bonds. The van der Waals surface area contributed by atoms with Gasteiger partial charge in [0.2, 0.25) is 5.52 Å². The lowest BCUT2D eigenvalue weighted by atomic mass is 9.12. The molecule has 0 aliphatic rings. The molecule has 6 aromatic carbocycles. The molecule has 0 spiro atoms. The van der Waals surface area contributed by atoms with E-state index < -0.39 is 144 Å². The molecule has 63 heavy (non-hydrogen) atoms. The number of fused-ring (bicyclic) bond motifs is 1. The first-order valence-electron chi connectivity index (χ1n) is 16.9. The van der Waals surface area contributed by atoms with Gasteiger partial charge in [-0.05, 0) is 12.1 Å². The fourth-order valence-corrected chi connectivity index (χ4v) is 7.08. The van der Waals surface area contributed by atoms with Gasteiger partial charge in [0.15, 0.2) is 82.5 Å². The van der Waals surface area contributed by atoms with Gasteiger partial charge in [0.05, 0.1) is 5.39 Å². The fraction of sp³-hybridized carbons (Fsp3) is 0.0250. The van der Waals surface area contributed by atoms with E-state index >= 15 is 35.1 Å². The predicted octanol–water partition coefficient (Wildman–Crippen LogP) is 8.73. The van der Waals surface area contributed by atoms with Crippen LogP contribution in [0.3, 0.4) is 0 Å². The first-order chi connectivity index (χ1) is 29.5. The molecule has 0 atom stereocenters. The number of benzene rings is 6. The van der Waals surface area contributed by atoms with E-state index in [-0.39, 0.29) is 0 Å². The van der Waals surface area contributed by atoms with E-state index in [9.17, 15) is 57.8 Å². The fourth-order valence-electron chi connectivity index (χ4n) is 7.08. The van der Waals surface area contributed by atoms with Crippen molar-refractivity contribution in [3.05, 3.63) is 189 Å². The lowest BCUT2D eigenvalue weighted by molar-refractivity contribution is -0.662. The number of phenolic OH excluding ortho intramolecular Hbond substituents is 1. The van der Waals surface area contributed by atoms with Gasteiger partial charge in [0.1, 0.15) is 58.4 Å².